The van der Waals surface area contributed by atoms with Crippen molar-refractivity contribution >= 4 is 54.1 Å². The zero-order chi connectivity index (χ0) is 31.7. The van der Waals surface area contributed by atoms with Crippen LogP contribution < -0.4 is 10.9 Å². The summed E-state index contributed by atoms with van der Waals surface area (Å²) >= 11 is 0. The number of aryl methyl sites for hydroxylation is 2. The van der Waals surface area contributed by atoms with Crippen LogP contribution in [0.1, 0.15) is 37.4 Å². The van der Waals surface area contributed by atoms with Gasteiger partial charge in [-0.15, -0.1) is 0 Å². The Morgan fingerprint density at radius 3 is 2.05 bits per heavy atom. The summed E-state index contributed by atoms with van der Waals surface area (Å²) in [5.41, 5.74) is 1.34. The maximum absolute atomic E-state index is 14.1. The normalized spacial score (nSPS) is 12.7. The Labute approximate surface area is 250 Å². The van der Waals surface area contributed by atoms with Crippen molar-refractivity contribution in [3.63, 3.8) is 0 Å². The maximum Gasteiger partial charge on any atom is 0.294 e. The number of rotatable bonds is 6. The van der Waals surface area contributed by atoms with E-state index in [0.717, 1.165) is 12.1 Å². The summed E-state index contributed by atoms with van der Waals surface area (Å²) in [5, 5.41) is 3.47. The summed E-state index contributed by atoms with van der Waals surface area (Å²) in [4.78, 5) is 41.1. The molecular weight excluding hydrogens is 608 g/mol. The van der Waals surface area contributed by atoms with Crippen LogP contribution in [0.2, 0.25) is 0 Å². The number of hydrogen-bond acceptors (Lipinski definition) is 8. The second kappa shape index (κ2) is 10.1. The maximum atomic E-state index is 14.1. The van der Waals surface area contributed by atoms with Crippen LogP contribution in [0.25, 0.3) is 22.0 Å². The molecule has 0 fully saturated rings. The third-order valence-corrected chi connectivity index (χ3v) is 9.32. The van der Waals surface area contributed by atoms with Crippen LogP contribution in [0, 0.1) is 6.92 Å². The molecular formula is C31H22N2O9S2. The van der Waals surface area contributed by atoms with E-state index in [1.54, 1.807) is 43.3 Å². The highest BCUT2D eigenvalue weighted by atomic mass is 32.2. The fourth-order valence-electron chi connectivity index (χ4n) is 5.51. The Kier molecular flexibility index (Phi) is 6.66. The number of nitrogens with zero attached hydrogens (tertiary/aromatic N) is 1. The average Bonchev–Trinajstić information content (AvgIpc) is 2.98. The standard InChI is InChI=1S/C31H22N2O9S2/c1-16-14-19(44(40,41)42)10-11-22(16)32-23-12-13-24-27-25(20-8-3-4-9-21(20)30(35)26(23)27)28(31(36)33(24)2)29(34)17-6-5-7-18(15-17)43(37,38)39/h3-15,32H,1-2H3,(H,37,38,39)(H,40,41,42). The van der Waals surface area contributed by atoms with Gasteiger partial charge in [-0.3, -0.25) is 23.5 Å². The molecule has 4 aromatic carbocycles. The third-order valence-electron chi connectivity index (χ3n) is 7.62. The van der Waals surface area contributed by atoms with Crippen molar-refractivity contribution in [2.75, 3.05) is 5.32 Å². The Bertz CT molecular complexity index is 2390. The van der Waals surface area contributed by atoms with E-state index in [2.05, 4.69) is 5.32 Å². The van der Waals surface area contributed by atoms with Gasteiger partial charge < -0.3 is 9.88 Å². The lowest BCUT2D eigenvalue weighted by Crippen LogP contribution is -2.29. The monoisotopic (exact) mass is 630 g/mol. The molecule has 1 aliphatic carbocycles. The number of ketones is 2. The molecule has 44 heavy (non-hydrogen) atoms. The van der Waals surface area contributed by atoms with E-state index in [1.165, 1.54) is 41.9 Å². The molecule has 6 rings (SSSR count). The van der Waals surface area contributed by atoms with Gasteiger partial charge >= 0.3 is 0 Å². The number of hydrogen-bond donors (Lipinski definition) is 3. The van der Waals surface area contributed by atoms with Crippen molar-refractivity contribution < 1.29 is 35.5 Å². The van der Waals surface area contributed by atoms with E-state index < -0.39 is 36.5 Å². The van der Waals surface area contributed by atoms with Crippen molar-refractivity contribution in [1.82, 2.24) is 4.57 Å². The number of nitrogens with one attached hydrogen (secondary N) is 1. The van der Waals surface area contributed by atoms with Crippen molar-refractivity contribution in [2.24, 2.45) is 7.05 Å². The second-order valence-corrected chi connectivity index (χ2v) is 13.1. The van der Waals surface area contributed by atoms with Crippen LogP contribution in [-0.4, -0.2) is 42.1 Å². The van der Waals surface area contributed by atoms with E-state index >= 15 is 0 Å². The number of benzene rings is 4. The van der Waals surface area contributed by atoms with Crippen LogP contribution in [-0.2, 0) is 27.3 Å². The minimum atomic E-state index is -4.65. The molecule has 13 heteroatoms. The van der Waals surface area contributed by atoms with E-state index in [4.69, 9.17) is 0 Å². The van der Waals surface area contributed by atoms with Crippen molar-refractivity contribution in [2.45, 2.75) is 16.7 Å². The van der Waals surface area contributed by atoms with Gasteiger partial charge in [0, 0.05) is 34.8 Å². The fraction of sp³-hybridized carbons (Fsp3) is 0.0645. The van der Waals surface area contributed by atoms with Crippen molar-refractivity contribution in [3.05, 3.63) is 117 Å². The molecule has 0 aliphatic heterocycles. The number of aromatic nitrogens is 1. The molecule has 222 valence electrons. The molecule has 11 nitrogen and oxygen atoms in total. The van der Waals surface area contributed by atoms with Gasteiger partial charge in [0.1, 0.15) is 0 Å². The molecule has 0 atom stereocenters. The first-order valence-electron chi connectivity index (χ1n) is 13.0. The zero-order valence-corrected chi connectivity index (χ0v) is 24.7. The summed E-state index contributed by atoms with van der Waals surface area (Å²) in [6.45, 7) is 1.62. The van der Waals surface area contributed by atoms with Crippen LogP contribution in [0.4, 0.5) is 11.4 Å². The minimum absolute atomic E-state index is 0.158. The molecule has 1 aliphatic rings. The summed E-state index contributed by atoms with van der Waals surface area (Å²) in [7, 11) is -7.64. The number of carbonyl (C=O) groups is 2. The van der Waals surface area contributed by atoms with E-state index in [0.29, 0.717) is 33.4 Å². The largest absolute Gasteiger partial charge is 0.355 e. The van der Waals surface area contributed by atoms with Crippen molar-refractivity contribution in [1.29, 1.82) is 0 Å². The molecule has 0 saturated carbocycles. The molecule has 0 radical (unpaired) electrons. The zero-order valence-electron chi connectivity index (χ0n) is 23.0. The number of pyridine rings is 1. The van der Waals surface area contributed by atoms with Crippen LogP contribution >= 0.6 is 0 Å². The fourth-order valence-corrected chi connectivity index (χ4v) is 6.60. The lowest BCUT2D eigenvalue weighted by atomic mass is 9.80. The second-order valence-electron chi connectivity index (χ2n) is 10.3. The first-order chi connectivity index (χ1) is 20.7. The Hall–Kier alpha value is -4.95. The lowest BCUT2D eigenvalue weighted by molar-refractivity contribution is 0.102. The van der Waals surface area contributed by atoms with E-state index in [9.17, 15) is 40.3 Å². The van der Waals surface area contributed by atoms with Gasteiger partial charge in [-0.2, -0.15) is 16.8 Å². The highest BCUT2D eigenvalue weighted by molar-refractivity contribution is 7.86. The predicted octanol–water partition coefficient (Wildman–Crippen LogP) is 4.53. The summed E-state index contributed by atoms with van der Waals surface area (Å²) in [6.07, 6.45) is 0. The van der Waals surface area contributed by atoms with Crippen LogP contribution in [0.3, 0.4) is 0 Å². The molecule has 0 unspecified atom stereocenters. The first kappa shape index (κ1) is 29.1. The summed E-state index contributed by atoms with van der Waals surface area (Å²) in [5.74, 6) is -1.20. The third kappa shape index (κ3) is 4.62. The average molecular weight is 631 g/mol. The van der Waals surface area contributed by atoms with Crippen molar-refractivity contribution in [3.8, 4) is 11.1 Å². The van der Waals surface area contributed by atoms with Gasteiger partial charge in [-0.25, -0.2) is 0 Å². The van der Waals surface area contributed by atoms with Gasteiger partial charge in [0.2, 0.25) is 0 Å². The smallest absolute Gasteiger partial charge is 0.294 e. The molecule has 1 aromatic heterocycles. The number of anilines is 2. The summed E-state index contributed by atoms with van der Waals surface area (Å²) < 4.78 is 67.0. The van der Waals surface area contributed by atoms with Gasteiger partial charge in [-0.05, 0) is 60.5 Å². The quantitative estimate of drug-likeness (QED) is 0.175. The Balaban J connectivity index is 1.66. The Morgan fingerprint density at radius 2 is 1.39 bits per heavy atom. The molecule has 0 saturated heterocycles. The highest BCUT2D eigenvalue weighted by Crippen LogP contribution is 2.44. The predicted molar refractivity (Wildman–Crippen MR) is 162 cm³/mol. The molecule has 5 aromatic rings. The lowest BCUT2D eigenvalue weighted by Gasteiger charge is -2.26. The number of carbonyl (C=O) groups excluding carboxylic acids is 2. The van der Waals surface area contributed by atoms with Gasteiger partial charge in [0.15, 0.2) is 11.6 Å². The minimum Gasteiger partial charge on any atom is -0.355 e. The molecule has 1 heterocycles. The van der Waals surface area contributed by atoms with Gasteiger partial charge in [0.25, 0.3) is 25.8 Å². The van der Waals surface area contributed by atoms with E-state index in [-0.39, 0.29) is 38.5 Å². The topological polar surface area (TPSA) is 177 Å². The van der Waals surface area contributed by atoms with E-state index in [1.807, 2.05) is 0 Å². The van der Waals surface area contributed by atoms with Gasteiger partial charge in [0.05, 0.1) is 32.1 Å². The molecule has 0 bridgehead atoms. The highest BCUT2D eigenvalue weighted by Gasteiger charge is 2.34. The molecule has 0 amide bonds. The Morgan fingerprint density at radius 1 is 0.750 bits per heavy atom. The van der Waals surface area contributed by atoms with Crippen LogP contribution in [0.15, 0.2) is 93.4 Å². The molecule has 3 N–H and O–H groups in total. The first-order valence-corrected chi connectivity index (χ1v) is 15.9. The van der Waals surface area contributed by atoms with Crippen LogP contribution in [0.5, 0.6) is 0 Å². The number of fused-ring (bicyclic) bond motifs is 2. The SMILES string of the molecule is Cc1cc(S(=O)(=O)O)ccc1Nc1ccc2c3c1C(=O)c1ccccc1-c3c(C(=O)c1cccc(S(=O)(=O)O)c1)c(=O)n2C. The van der Waals surface area contributed by atoms with Gasteiger partial charge in [-0.1, -0.05) is 36.4 Å². The molecule has 0 spiro atoms. The summed E-state index contributed by atoms with van der Waals surface area (Å²) in [6, 6.07) is 18.3.